The van der Waals surface area contributed by atoms with Gasteiger partial charge in [0.25, 0.3) is 0 Å². The Labute approximate surface area is 245 Å². The maximum Gasteiger partial charge on any atom is 0.229 e. The molecule has 0 spiro atoms. The van der Waals surface area contributed by atoms with Crippen LogP contribution in [0.15, 0.2) is 35.4 Å². The number of aromatic nitrogens is 5. The minimum Gasteiger partial charge on any atom is -0.358 e. The number of rotatable bonds is 7. The van der Waals surface area contributed by atoms with E-state index >= 15 is 0 Å². The summed E-state index contributed by atoms with van der Waals surface area (Å²) in [5.41, 5.74) is 4.38. The molecule has 222 valence electrons. The zero-order valence-corrected chi connectivity index (χ0v) is 25.7. The normalized spacial score (nSPS) is 20.0. The van der Waals surface area contributed by atoms with Crippen LogP contribution < -0.4 is 10.6 Å². The molecule has 1 saturated carbocycles. The molecule has 42 heavy (non-hydrogen) atoms. The number of nitrogens with one attached hydrogen (secondary N) is 2. The number of aryl methyl sites for hydroxylation is 3. The van der Waals surface area contributed by atoms with Crippen molar-refractivity contribution >= 4 is 44.1 Å². The van der Waals surface area contributed by atoms with Gasteiger partial charge in [0.05, 0.1) is 22.0 Å². The lowest BCUT2D eigenvalue weighted by Gasteiger charge is -2.25. The standard InChI is InChI=1S/C30H37N7O4S/c1-17-16-36(5)35-26(17)19-10-11-21(23(13-19)42(6,39)40)32-22-14-24(34-29(38)20-15-30(20,3)4)33-28-27(22)31-18(2)37(28)25-9-7-8-12-41-25/h10-11,13-14,16,20,25H,7-9,12,15H2,1-6H3,(H2,32,33,34,38). The van der Waals surface area contributed by atoms with Gasteiger partial charge in [0, 0.05) is 43.7 Å². The smallest absolute Gasteiger partial charge is 0.229 e. The predicted molar refractivity (Wildman–Crippen MR) is 161 cm³/mol. The predicted octanol–water partition coefficient (Wildman–Crippen LogP) is 5.28. The Hall–Kier alpha value is -3.77. The number of anilines is 3. The molecule has 1 amide bonds. The number of benzene rings is 1. The van der Waals surface area contributed by atoms with Gasteiger partial charge in [0.1, 0.15) is 23.4 Å². The maximum atomic E-state index is 13.1. The van der Waals surface area contributed by atoms with Gasteiger partial charge in [-0.2, -0.15) is 5.10 Å². The van der Waals surface area contributed by atoms with Crippen molar-refractivity contribution in [2.75, 3.05) is 23.5 Å². The van der Waals surface area contributed by atoms with Crippen molar-refractivity contribution in [3.63, 3.8) is 0 Å². The molecular formula is C30H37N7O4S. The second-order valence-corrected chi connectivity index (χ2v) is 14.2. The van der Waals surface area contributed by atoms with Crippen molar-refractivity contribution in [3.8, 4) is 11.3 Å². The first kappa shape index (κ1) is 28.4. The summed E-state index contributed by atoms with van der Waals surface area (Å²) in [6.45, 7) is 8.64. The van der Waals surface area contributed by atoms with Crippen molar-refractivity contribution < 1.29 is 17.9 Å². The fraction of sp³-hybridized carbons (Fsp3) is 0.467. The molecular weight excluding hydrogens is 554 g/mol. The highest BCUT2D eigenvalue weighted by Gasteiger charge is 2.50. The quantitative estimate of drug-likeness (QED) is 0.297. The number of carbonyl (C=O) groups is 1. The molecule has 2 N–H and O–H groups in total. The molecule has 1 aliphatic carbocycles. The summed E-state index contributed by atoms with van der Waals surface area (Å²) in [4.78, 5) is 22.9. The van der Waals surface area contributed by atoms with Gasteiger partial charge in [0.15, 0.2) is 15.5 Å². The third kappa shape index (κ3) is 5.29. The number of amides is 1. The van der Waals surface area contributed by atoms with Crippen LogP contribution in [0.25, 0.3) is 22.4 Å². The molecule has 1 saturated heterocycles. The number of ether oxygens (including phenoxy) is 1. The zero-order chi connectivity index (χ0) is 30.0. The summed E-state index contributed by atoms with van der Waals surface area (Å²) in [7, 11) is -1.80. The van der Waals surface area contributed by atoms with Crippen LogP contribution >= 0.6 is 0 Å². The van der Waals surface area contributed by atoms with Crippen molar-refractivity contribution in [1.29, 1.82) is 0 Å². The van der Waals surface area contributed by atoms with Crippen LogP contribution in [0.5, 0.6) is 0 Å². The second kappa shape index (κ2) is 10.2. The van der Waals surface area contributed by atoms with Gasteiger partial charge in [0.2, 0.25) is 5.91 Å². The van der Waals surface area contributed by atoms with Gasteiger partial charge in [-0.15, -0.1) is 0 Å². The van der Waals surface area contributed by atoms with Crippen molar-refractivity contribution in [2.45, 2.75) is 64.5 Å². The van der Waals surface area contributed by atoms with E-state index in [-0.39, 0.29) is 28.4 Å². The van der Waals surface area contributed by atoms with E-state index in [4.69, 9.17) is 14.7 Å². The lowest BCUT2D eigenvalue weighted by Crippen LogP contribution is -2.20. The Morgan fingerprint density at radius 3 is 2.50 bits per heavy atom. The van der Waals surface area contributed by atoms with Gasteiger partial charge in [-0.05, 0) is 62.6 Å². The number of nitrogens with zero attached hydrogens (tertiary/aromatic N) is 5. The Morgan fingerprint density at radius 1 is 1.12 bits per heavy atom. The summed E-state index contributed by atoms with van der Waals surface area (Å²) in [6.07, 6.45) is 6.54. The van der Waals surface area contributed by atoms with E-state index in [0.717, 1.165) is 42.8 Å². The Bertz CT molecular complexity index is 1820. The minimum atomic E-state index is -3.64. The summed E-state index contributed by atoms with van der Waals surface area (Å²) in [6, 6.07) is 6.95. The summed E-state index contributed by atoms with van der Waals surface area (Å²) in [5, 5.41) is 10.8. The first-order valence-corrected chi connectivity index (χ1v) is 16.1. The van der Waals surface area contributed by atoms with Crippen LogP contribution in [-0.2, 0) is 26.4 Å². The Balaban J connectivity index is 1.46. The molecule has 2 fully saturated rings. The first-order valence-electron chi connectivity index (χ1n) is 14.3. The molecule has 1 aliphatic heterocycles. The van der Waals surface area contributed by atoms with Gasteiger partial charge < -0.3 is 15.4 Å². The van der Waals surface area contributed by atoms with E-state index < -0.39 is 9.84 Å². The van der Waals surface area contributed by atoms with E-state index in [9.17, 15) is 13.2 Å². The molecule has 2 atom stereocenters. The molecule has 4 heterocycles. The topological polar surface area (TPSA) is 133 Å². The fourth-order valence-electron chi connectivity index (χ4n) is 5.85. The van der Waals surface area contributed by atoms with E-state index in [0.29, 0.717) is 40.5 Å². The number of pyridine rings is 1. The van der Waals surface area contributed by atoms with E-state index in [1.165, 1.54) is 6.26 Å². The van der Waals surface area contributed by atoms with E-state index in [1.54, 1.807) is 22.9 Å². The maximum absolute atomic E-state index is 13.1. The SMILES string of the molecule is Cc1cn(C)nc1-c1ccc(Nc2cc(NC(=O)C3CC3(C)C)nc3c2nc(C)n3C2CCCCO2)c(S(C)(=O)=O)c1. The van der Waals surface area contributed by atoms with Crippen LogP contribution in [0.3, 0.4) is 0 Å². The molecule has 0 radical (unpaired) electrons. The van der Waals surface area contributed by atoms with Crippen LogP contribution in [-0.4, -0.2) is 51.5 Å². The minimum absolute atomic E-state index is 0.0400. The van der Waals surface area contributed by atoms with Crippen LogP contribution in [0.1, 0.15) is 57.1 Å². The average Bonchev–Trinajstić information content (AvgIpc) is 3.23. The molecule has 11 nitrogen and oxygen atoms in total. The highest BCUT2D eigenvalue weighted by atomic mass is 32.2. The van der Waals surface area contributed by atoms with Gasteiger partial charge >= 0.3 is 0 Å². The molecule has 1 aromatic carbocycles. The van der Waals surface area contributed by atoms with E-state index in [2.05, 4.69) is 29.6 Å². The van der Waals surface area contributed by atoms with Gasteiger partial charge in [-0.3, -0.25) is 14.0 Å². The summed E-state index contributed by atoms with van der Waals surface area (Å²) in [5.74, 6) is 0.931. The van der Waals surface area contributed by atoms with Crippen molar-refractivity contribution in [1.82, 2.24) is 24.3 Å². The van der Waals surface area contributed by atoms with Gasteiger partial charge in [-0.25, -0.2) is 18.4 Å². The van der Waals surface area contributed by atoms with Crippen LogP contribution in [0.2, 0.25) is 0 Å². The number of imidazole rings is 1. The molecule has 12 heteroatoms. The molecule has 6 rings (SSSR count). The monoisotopic (exact) mass is 591 g/mol. The lowest BCUT2D eigenvalue weighted by molar-refractivity contribution is -0.118. The van der Waals surface area contributed by atoms with Crippen molar-refractivity contribution in [2.24, 2.45) is 18.4 Å². The third-order valence-electron chi connectivity index (χ3n) is 8.29. The third-order valence-corrected chi connectivity index (χ3v) is 9.42. The number of fused-ring (bicyclic) bond motifs is 1. The van der Waals surface area contributed by atoms with Gasteiger partial charge in [-0.1, -0.05) is 19.9 Å². The number of sulfone groups is 1. The lowest BCUT2D eigenvalue weighted by atomic mass is 10.1. The highest BCUT2D eigenvalue weighted by Crippen LogP contribution is 2.52. The van der Waals surface area contributed by atoms with Crippen LogP contribution in [0.4, 0.5) is 17.2 Å². The average molecular weight is 592 g/mol. The zero-order valence-electron chi connectivity index (χ0n) is 24.9. The highest BCUT2D eigenvalue weighted by molar-refractivity contribution is 7.90. The molecule has 0 bridgehead atoms. The molecule has 3 aromatic heterocycles. The number of hydrogen-bond donors (Lipinski definition) is 2. The molecule has 2 aliphatic rings. The fourth-order valence-corrected chi connectivity index (χ4v) is 6.71. The second-order valence-electron chi connectivity index (χ2n) is 12.3. The number of carbonyl (C=O) groups excluding carboxylic acids is 1. The Morgan fingerprint density at radius 2 is 1.88 bits per heavy atom. The summed E-state index contributed by atoms with van der Waals surface area (Å²) < 4.78 is 35.8. The molecule has 2 unspecified atom stereocenters. The van der Waals surface area contributed by atoms with Crippen LogP contribution in [0, 0.1) is 25.2 Å². The van der Waals surface area contributed by atoms with Crippen molar-refractivity contribution in [3.05, 3.63) is 41.9 Å². The van der Waals surface area contributed by atoms with E-state index in [1.807, 2.05) is 37.7 Å². The largest absolute Gasteiger partial charge is 0.358 e. The summed E-state index contributed by atoms with van der Waals surface area (Å²) >= 11 is 0. The molecule has 4 aromatic rings. The first-order chi connectivity index (χ1) is 19.8. The number of hydrogen-bond acceptors (Lipinski definition) is 8. The Kier molecular flexibility index (Phi) is 6.88.